The topological polar surface area (TPSA) is 67.2 Å². The van der Waals surface area contributed by atoms with E-state index in [1.807, 2.05) is 43.9 Å². The van der Waals surface area contributed by atoms with E-state index in [2.05, 4.69) is 22.5 Å². The smallest absolute Gasteiger partial charge is 0.254 e. The maximum absolute atomic E-state index is 12.5. The van der Waals surface area contributed by atoms with E-state index >= 15 is 0 Å². The zero-order valence-corrected chi connectivity index (χ0v) is 17.0. The van der Waals surface area contributed by atoms with Gasteiger partial charge in [0.2, 0.25) is 5.91 Å². The molecule has 1 fully saturated rings. The van der Waals surface area contributed by atoms with Gasteiger partial charge in [0.05, 0.1) is 17.3 Å². The molecule has 0 saturated carbocycles. The van der Waals surface area contributed by atoms with Crippen molar-refractivity contribution in [2.75, 3.05) is 13.1 Å². The van der Waals surface area contributed by atoms with Crippen molar-refractivity contribution < 1.29 is 9.59 Å². The normalized spacial score (nSPS) is 15.5. The predicted octanol–water partition coefficient (Wildman–Crippen LogP) is 2.99. The molecule has 0 bridgehead atoms. The van der Waals surface area contributed by atoms with Crippen molar-refractivity contribution in [2.24, 2.45) is 0 Å². The summed E-state index contributed by atoms with van der Waals surface area (Å²) in [5.74, 6) is 0.101. The number of hydrogen-bond acceptors (Lipinski definition) is 3. The highest BCUT2D eigenvalue weighted by atomic mass is 16.2. The lowest BCUT2D eigenvalue weighted by Crippen LogP contribution is -2.46. The maximum atomic E-state index is 12.5. The van der Waals surface area contributed by atoms with Crippen molar-refractivity contribution in [3.8, 4) is 0 Å². The number of nitrogens with one attached hydrogen (secondary N) is 1. The molecule has 0 aliphatic carbocycles. The van der Waals surface area contributed by atoms with Crippen LogP contribution in [0, 0.1) is 0 Å². The number of likely N-dealkylation sites (tertiary alicyclic amines) is 1. The lowest BCUT2D eigenvalue weighted by molar-refractivity contribution is -0.132. The van der Waals surface area contributed by atoms with Crippen molar-refractivity contribution in [1.29, 1.82) is 0 Å². The summed E-state index contributed by atoms with van der Waals surface area (Å²) in [7, 11) is 0. The molecule has 0 spiro atoms. The number of nitrogens with zero attached hydrogens (tertiary/aromatic N) is 3. The highest BCUT2D eigenvalue weighted by molar-refractivity contribution is 5.93. The molecular weight excluding hydrogens is 352 g/mol. The van der Waals surface area contributed by atoms with Gasteiger partial charge in [-0.05, 0) is 45.6 Å². The summed E-state index contributed by atoms with van der Waals surface area (Å²) in [5, 5.41) is 7.37. The molecule has 1 aliphatic heterocycles. The SMILES string of the molecule is CC(C)(C)n1cc(C(=O)NC2CCN(C(=O)CCc3ccccc3)CC2)cn1. The van der Waals surface area contributed by atoms with Gasteiger partial charge < -0.3 is 10.2 Å². The van der Waals surface area contributed by atoms with Crippen LogP contribution in [0.4, 0.5) is 0 Å². The fraction of sp³-hybridized carbons (Fsp3) is 0.500. The van der Waals surface area contributed by atoms with Crippen LogP contribution >= 0.6 is 0 Å². The Balaban J connectivity index is 1.44. The lowest BCUT2D eigenvalue weighted by Gasteiger charge is -2.32. The number of benzene rings is 1. The summed E-state index contributed by atoms with van der Waals surface area (Å²) in [5.41, 5.74) is 1.62. The quantitative estimate of drug-likeness (QED) is 0.864. The van der Waals surface area contributed by atoms with E-state index in [1.165, 1.54) is 5.56 Å². The Labute approximate surface area is 166 Å². The number of amides is 2. The number of carbonyl (C=O) groups is 2. The molecule has 1 N–H and O–H groups in total. The maximum Gasteiger partial charge on any atom is 0.254 e. The molecule has 150 valence electrons. The van der Waals surface area contributed by atoms with Crippen LogP contribution in [-0.4, -0.2) is 45.6 Å². The Hall–Kier alpha value is -2.63. The van der Waals surface area contributed by atoms with Crippen LogP contribution in [-0.2, 0) is 16.8 Å². The first-order valence-corrected chi connectivity index (χ1v) is 10.0. The van der Waals surface area contributed by atoms with E-state index in [0.717, 1.165) is 19.3 Å². The van der Waals surface area contributed by atoms with Crippen LogP contribution in [0.5, 0.6) is 0 Å². The van der Waals surface area contributed by atoms with Crippen LogP contribution in [0.15, 0.2) is 42.7 Å². The van der Waals surface area contributed by atoms with E-state index in [0.29, 0.717) is 25.1 Å². The summed E-state index contributed by atoms with van der Waals surface area (Å²) in [4.78, 5) is 26.8. The number of hydrogen-bond donors (Lipinski definition) is 1. The summed E-state index contributed by atoms with van der Waals surface area (Å²) in [6.45, 7) is 7.53. The Bertz CT molecular complexity index is 799. The van der Waals surface area contributed by atoms with Gasteiger partial charge in [-0.1, -0.05) is 30.3 Å². The first-order chi connectivity index (χ1) is 13.3. The van der Waals surface area contributed by atoms with E-state index in [1.54, 1.807) is 17.1 Å². The van der Waals surface area contributed by atoms with Gasteiger partial charge in [-0.15, -0.1) is 0 Å². The molecule has 0 radical (unpaired) electrons. The van der Waals surface area contributed by atoms with Gasteiger partial charge in [-0.3, -0.25) is 14.3 Å². The summed E-state index contributed by atoms with van der Waals surface area (Å²) in [6.07, 6.45) is 6.29. The Morgan fingerprint density at radius 2 is 1.82 bits per heavy atom. The van der Waals surface area contributed by atoms with Gasteiger partial charge in [0.15, 0.2) is 0 Å². The van der Waals surface area contributed by atoms with E-state index in [4.69, 9.17) is 0 Å². The fourth-order valence-corrected chi connectivity index (χ4v) is 3.40. The van der Waals surface area contributed by atoms with Gasteiger partial charge in [0, 0.05) is 31.7 Å². The second kappa shape index (κ2) is 8.59. The standard InChI is InChI=1S/C22H30N4O2/c1-22(2,3)26-16-18(15-23-26)21(28)24-19-11-13-25(14-12-19)20(27)10-9-17-7-5-4-6-8-17/h4-8,15-16,19H,9-14H2,1-3H3,(H,24,28). The van der Waals surface area contributed by atoms with E-state index in [9.17, 15) is 9.59 Å². The molecule has 1 aromatic carbocycles. The minimum atomic E-state index is -0.149. The molecular formula is C22H30N4O2. The second-order valence-corrected chi connectivity index (χ2v) is 8.46. The molecule has 6 heteroatoms. The number of aryl methyl sites for hydroxylation is 1. The number of aromatic nitrogens is 2. The lowest BCUT2D eigenvalue weighted by atomic mass is 10.0. The van der Waals surface area contributed by atoms with Gasteiger partial charge in [0.25, 0.3) is 5.91 Å². The Morgan fingerprint density at radius 1 is 1.14 bits per heavy atom. The van der Waals surface area contributed by atoms with E-state index < -0.39 is 0 Å². The average Bonchev–Trinajstić information content (AvgIpc) is 3.18. The number of rotatable bonds is 5. The average molecular weight is 383 g/mol. The van der Waals surface area contributed by atoms with Crippen molar-refractivity contribution in [1.82, 2.24) is 20.0 Å². The highest BCUT2D eigenvalue weighted by Crippen LogP contribution is 2.16. The summed E-state index contributed by atoms with van der Waals surface area (Å²) >= 11 is 0. The molecule has 2 amide bonds. The van der Waals surface area contributed by atoms with Crippen LogP contribution in [0.1, 0.15) is 56.0 Å². The fourth-order valence-electron chi connectivity index (χ4n) is 3.40. The van der Waals surface area contributed by atoms with Gasteiger partial charge in [-0.25, -0.2) is 0 Å². The van der Waals surface area contributed by atoms with Crippen LogP contribution in [0.2, 0.25) is 0 Å². The van der Waals surface area contributed by atoms with Gasteiger partial charge in [-0.2, -0.15) is 5.10 Å². The number of piperidine rings is 1. The van der Waals surface area contributed by atoms with Crippen molar-refractivity contribution in [3.63, 3.8) is 0 Å². The minimum Gasteiger partial charge on any atom is -0.349 e. The first-order valence-electron chi connectivity index (χ1n) is 10.0. The molecule has 6 nitrogen and oxygen atoms in total. The molecule has 1 aliphatic rings. The van der Waals surface area contributed by atoms with E-state index in [-0.39, 0.29) is 23.4 Å². The third-order valence-corrected chi connectivity index (χ3v) is 5.19. The summed E-state index contributed by atoms with van der Waals surface area (Å²) < 4.78 is 1.80. The second-order valence-electron chi connectivity index (χ2n) is 8.46. The van der Waals surface area contributed by atoms with Gasteiger partial charge >= 0.3 is 0 Å². The van der Waals surface area contributed by atoms with Crippen molar-refractivity contribution in [3.05, 3.63) is 53.9 Å². The molecule has 1 aromatic heterocycles. The molecule has 2 aromatic rings. The number of carbonyl (C=O) groups excluding carboxylic acids is 2. The van der Waals surface area contributed by atoms with Crippen LogP contribution < -0.4 is 5.32 Å². The van der Waals surface area contributed by atoms with Crippen LogP contribution in [0.3, 0.4) is 0 Å². The zero-order chi connectivity index (χ0) is 20.1. The zero-order valence-electron chi connectivity index (χ0n) is 17.0. The molecule has 0 unspecified atom stereocenters. The van der Waals surface area contributed by atoms with Crippen molar-refractivity contribution in [2.45, 2.75) is 58.0 Å². The Morgan fingerprint density at radius 3 is 2.43 bits per heavy atom. The molecule has 0 atom stereocenters. The Kier molecular flexibility index (Phi) is 6.17. The molecule has 2 heterocycles. The predicted molar refractivity (Wildman–Crippen MR) is 109 cm³/mol. The third-order valence-electron chi connectivity index (χ3n) is 5.19. The van der Waals surface area contributed by atoms with Crippen LogP contribution in [0.25, 0.3) is 0 Å². The molecule has 28 heavy (non-hydrogen) atoms. The third kappa shape index (κ3) is 5.21. The summed E-state index contributed by atoms with van der Waals surface area (Å²) in [6, 6.07) is 10.2. The van der Waals surface area contributed by atoms with Crippen molar-refractivity contribution >= 4 is 11.8 Å². The first kappa shape index (κ1) is 20.1. The highest BCUT2D eigenvalue weighted by Gasteiger charge is 2.25. The largest absolute Gasteiger partial charge is 0.349 e. The van der Waals surface area contributed by atoms with Gasteiger partial charge in [0.1, 0.15) is 0 Å². The molecule has 1 saturated heterocycles. The molecule has 3 rings (SSSR count). The monoisotopic (exact) mass is 382 g/mol. The minimum absolute atomic E-state index is 0.0932.